The number of carboxylic acid groups (broad SMARTS) is 1. The third-order valence-corrected chi connectivity index (χ3v) is 4.43. The van der Waals surface area contributed by atoms with Crippen LogP contribution in [0.15, 0.2) is 47.3 Å². The fourth-order valence-electron chi connectivity index (χ4n) is 3.06. The number of carboxylic acids is 1. The lowest BCUT2D eigenvalue weighted by molar-refractivity contribution is 0.0687. The summed E-state index contributed by atoms with van der Waals surface area (Å²) >= 11 is 0. The third-order valence-electron chi connectivity index (χ3n) is 4.43. The van der Waals surface area contributed by atoms with Crippen molar-refractivity contribution in [2.24, 2.45) is 0 Å². The predicted molar refractivity (Wildman–Crippen MR) is 101 cm³/mol. The third kappa shape index (κ3) is 2.77. The van der Waals surface area contributed by atoms with Crippen molar-refractivity contribution in [3.8, 4) is 22.8 Å². The second-order valence-electron chi connectivity index (χ2n) is 6.17. The Balaban J connectivity index is 1.48. The molecule has 142 valence electrons. The van der Waals surface area contributed by atoms with Crippen LogP contribution in [0.4, 0.5) is 0 Å². The summed E-state index contributed by atoms with van der Waals surface area (Å²) in [6.45, 7) is 0. The number of hydrogen-bond donors (Lipinski definition) is 4. The second kappa shape index (κ2) is 6.27. The van der Waals surface area contributed by atoms with Crippen molar-refractivity contribution in [1.82, 2.24) is 35.8 Å². The first kappa shape index (κ1) is 16.6. The Bertz CT molecular complexity index is 1430. The molecule has 0 spiro atoms. The van der Waals surface area contributed by atoms with E-state index in [4.69, 9.17) is 9.84 Å². The largest absolute Gasteiger partial charge is 0.476 e. The first-order valence-corrected chi connectivity index (χ1v) is 8.39. The summed E-state index contributed by atoms with van der Waals surface area (Å²) in [5.41, 5.74) is 2.64. The van der Waals surface area contributed by atoms with Gasteiger partial charge in [0, 0.05) is 5.39 Å². The van der Waals surface area contributed by atoms with E-state index < -0.39 is 5.97 Å². The van der Waals surface area contributed by atoms with Crippen LogP contribution in [0.3, 0.4) is 0 Å². The summed E-state index contributed by atoms with van der Waals surface area (Å²) in [7, 11) is 0. The molecule has 0 fully saturated rings. The molecule has 11 nitrogen and oxygen atoms in total. The van der Waals surface area contributed by atoms with Gasteiger partial charge in [-0.05, 0) is 29.3 Å². The summed E-state index contributed by atoms with van der Waals surface area (Å²) in [5, 5.41) is 29.4. The molecule has 0 saturated carbocycles. The first-order valence-electron chi connectivity index (χ1n) is 8.39. The molecule has 2 aromatic carbocycles. The number of aromatic amines is 3. The Morgan fingerprint density at radius 2 is 1.72 bits per heavy atom. The number of ether oxygens (including phenoxy) is 1. The van der Waals surface area contributed by atoms with Crippen molar-refractivity contribution in [3.05, 3.63) is 58.5 Å². The van der Waals surface area contributed by atoms with Gasteiger partial charge in [-0.2, -0.15) is 0 Å². The van der Waals surface area contributed by atoms with Crippen LogP contribution in [-0.4, -0.2) is 46.9 Å². The lowest BCUT2D eigenvalue weighted by Crippen LogP contribution is -2.06. The van der Waals surface area contributed by atoms with Crippen LogP contribution in [-0.2, 0) is 0 Å². The quantitative estimate of drug-likeness (QED) is 0.363. The first-order chi connectivity index (χ1) is 14.1. The van der Waals surface area contributed by atoms with Crippen molar-refractivity contribution >= 4 is 27.9 Å². The number of pyridine rings is 1. The molecule has 29 heavy (non-hydrogen) atoms. The van der Waals surface area contributed by atoms with Crippen molar-refractivity contribution in [3.63, 3.8) is 0 Å². The Hall–Kier alpha value is -4.54. The van der Waals surface area contributed by atoms with E-state index in [2.05, 4.69) is 35.8 Å². The predicted octanol–water partition coefficient (Wildman–Crippen LogP) is 2.07. The molecule has 0 amide bonds. The summed E-state index contributed by atoms with van der Waals surface area (Å²) in [5.74, 6) is -0.871. The molecule has 3 heterocycles. The molecule has 11 heteroatoms. The average molecular weight is 389 g/mol. The molecule has 0 aliphatic rings. The molecule has 0 radical (unpaired) electrons. The number of aromatic nitrogens is 7. The van der Waals surface area contributed by atoms with E-state index >= 15 is 0 Å². The fourth-order valence-corrected chi connectivity index (χ4v) is 3.06. The van der Waals surface area contributed by atoms with E-state index in [1.54, 1.807) is 12.1 Å². The zero-order chi connectivity index (χ0) is 20.0. The van der Waals surface area contributed by atoms with Gasteiger partial charge in [0.2, 0.25) is 5.69 Å². The molecule has 5 aromatic rings. The van der Waals surface area contributed by atoms with Crippen LogP contribution in [0.25, 0.3) is 33.1 Å². The highest BCUT2D eigenvalue weighted by molar-refractivity contribution is 6.02. The lowest BCUT2D eigenvalue weighted by Gasteiger charge is -2.07. The zero-order valence-electron chi connectivity index (χ0n) is 14.5. The SMILES string of the molecule is O=C(O)c1nn[nH]c1Oc1ccc(-c2ccc3c(c2)[nH]c(=O)c2nn[nH]c23)cc1. The molecule has 0 saturated heterocycles. The molecule has 5 rings (SSSR count). The van der Waals surface area contributed by atoms with Crippen molar-refractivity contribution in [1.29, 1.82) is 0 Å². The monoisotopic (exact) mass is 389 g/mol. The Kier molecular flexibility index (Phi) is 3.59. The minimum absolute atomic E-state index is 0.0503. The highest BCUT2D eigenvalue weighted by Crippen LogP contribution is 2.28. The average Bonchev–Trinajstić information content (AvgIpc) is 3.38. The lowest BCUT2D eigenvalue weighted by atomic mass is 10.0. The van der Waals surface area contributed by atoms with Gasteiger partial charge in [-0.25, -0.2) is 9.89 Å². The number of nitrogens with one attached hydrogen (secondary N) is 3. The topological polar surface area (TPSA) is 163 Å². The van der Waals surface area contributed by atoms with Crippen LogP contribution < -0.4 is 10.3 Å². The molecular formula is C18H11N7O4. The van der Waals surface area contributed by atoms with Gasteiger partial charge >= 0.3 is 5.97 Å². The maximum atomic E-state index is 12.1. The van der Waals surface area contributed by atoms with Gasteiger partial charge in [0.05, 0.1) is 5.52 Å². The number of carbonyl (C=O) groups is 1. The molecule has 3 aromatic heterocycles. The molecule has 4 N–H and O–H groups in total. The van der Waals surface area contributed by atoms with Crippen LogP contribution in [0.1, 0.15) is 10.5 Å². The van der Waals surface area contributed by atoms with E-state index in [0.29, 0.717) is 16.8 Å². The van der Waals surface area contributed by atoms with Gasteiger partial charge in [-0.15, -0.1) is 10.2 Å². The molecular weight excluding hydrogens is 378 g/mol. The smallest absolute Gasteiger partial charge is 0.362 e. The molecule has 0 unspecified atom stereocenters. The summed E-state index contributed by atoms with van der Waals surface area (Å²) in [6, 6.07) is 12.7. The Labute approximate surface area is 160 Å². The van der Waals surface area contributed by atoms with Gasteiger partial charge in [0.15, 0.2) is 5.52 Å². The van der Waals surface area contributed by atoms with E-state index in [9.17, 15) is 9.59 Å². The van der Waals surface area contributed by atoms with Gasteiger partial charge < -0.3 is 14.8 Å². The van der Waals surface area contributed by atoms with Crippen LogP contribution >= 0.6 is 0 Å². The Morgan fingerprint density at radius 1 is 0.966 bits per heavy atom. The number of nitrogens with zero attached hydrogens (tertiary/aromatic N) is 4. The van der Waals surface area contributed by atoms with Crippen molar-refractivity contribution in [2.75, 3.05) is 0 Å². The number of H-pyrrole nitrogens is 3. The fraction of sp³-hybridized carbons (Fsp3) is 0. The molecule has 0 atom stereocenters. The van der Waals surface area contributed by atoms with E-state index in [1.807, 2.05) is 30.3 Å². The molecule has 0 aliphatic heterocycles. The van der Waals surface area contributed by atoms with E-state index in [-0.39, 0.29) is 22.6 Å². The number of fused-ring (bicyclic) bond motifs is 3. The summed E-state index contributed by atoms with van der Waals surface area (Å²) in [4.78, 5) is 26.0. The molecule has 0 aliphatic carbocycles. The van der Waals surface area contributed by atoms with Crippen LogP contribution in [0, 0.1) is 0 Å². The summed E-state index contributed by atoms with van der Waals surface area (Å²) < 4.78 is 5.50. The van der Waals surface area contributed by atoms with Gasteiger partial charge in [0.25, 0.3) is 11.4 Å². The number of benzene rings is 2. The summed E-state index contributed by atoms with van der Waals surface area (Å²) in [6.07, 6.45) is 0. The second-order valence-corrected chi connectivity index (χ2v) is 6.17. The van der Waals surface area contributed by atoms with Gasteiger partial charge in [0.1, 0.15) is 11.3 Å². The minimum Gasteiger partial charge on any atom is -0.476 e. The standard InChI is InChI=1S/C18H11N7O4/c26-16-14-13(20-24-21-14)11-6-3-9(7-12(11)19-16)8-1-4-10(5-2-8)29-17-15(18(27)28)22-25-23-17/h1-7H,(H,19,26)(H,27,28)(H,20,21,24)(H,22,23,25). The zero-order valence-corrected chi connectivity index (χ0v) is 14.5. The van der Waals surface area contributed by atoms with Gasteiger partial charge in [-0.1, -0.05) is 34.7 Å². The maximum Gasteiger partial charge on any atom is 0.362 e. The minimum atomic E-state index is -1.24. The number of aromatic carboxylic acids is 1. The normalized spacial score (nSPS) is 11.2. The van der Waals surface area contributed by atoms with Crippen molar-refractivity contribution < 1.29 is 14.6 Å². The van der Waals surface area contributed by atoms with Crippen LogP contribution in [0.2, 0.25) is 0 Å². The Morgan fingerprint density at radius 3 is 2.52 bits per heavy atom. The highest BCUT2D eigenvalue weighted by Gasteiger charge is 2.17. The van der Waals surface area contributed by atoms with Crippen molar-refractivity contribution in [2.45, 2.75) is 0 Å². The highest BCUT2D eigenvalue weighted by atomic mass is 16.5. The number of hydrogen-bond acceptors (Lipinski definition) is 7. The van der Waals surface area contributed by atoms with E-state index in [1.165, 1.54) is 0 Å². The molecule has 0 bridgehead atoms. The van der Waals surface area contributed by atoms with Crippen LogP contribution in [0.5, 0.6) is 11.6 Å². The number of rotatable bonds is 4. The maximum absolute atomic E-state index is 12.1. The van der Waals surface area contributed by atoms with Gasteiger partial charge in [-0.3, -0.25) is 9.89 Å². The van der Waals surface area contributed by atoms with E-state index in [0.717, 1.165) is 16.5 Å².